The molecule has 0 aromatic carbocycles. The minimum absolute atomic E-state index is 0.0119. The second-order valence-corrected chi connectivity index (χ2v) is 42.3. The first kappa shape index (κ1) is 87.5. The lowest BCUT2D eigenvalue weighted by atomic mass is 10.2. The molecule has 0 amide bonds. The molecule has 0 aromatic rings. The molecule has 0 saturated heterocycles. The molecule has 17 heteroatoms. The van der Waals surface area contributed by atoms with E-state index in [1.165, 1.54) is 215 Å². The number of hydrogen-bond donors (Lipinski definition) is 3. The Morgan fingerprint density at radius 1 is 0.349 bits per heavy atom. The van der Waals surface area contributed by atoms with Crippen LogP contribution in [0.1, 0.15) is 267 Å². The van der Waals surface area contributed by atoms with E-state index in [9.17, 15) is 14.7 Å². The van der Waals surface area contributed by atoms with Gasteiger partial charge in [-0.3, -0.25) is 9.59 Å². The van der Waals surface area contributed by atoms with Crippen molar-refractivity contribution in [3.8, 4) is 0 Å². The number of esters is 2. The van der Waals surface area contributed by atoms with Gasteiger partial charge in [0, 0.05) is 53.6 Å². The van der Waals surface area contributed by atoms with Crippen molar-refractivity contribution in [1.82, 2.24) is 10.6 Å². The SMILES string of the molecule is CCCCCC[Si](CCCCCC)(CCCCCC)CCCOCCOC(=O)CCCCCNCCC[Si](CO)(OC)OC.CCCCCC[Si](CCCCCC)(CCCCCC)CCCOCCOC(=O)CCNCCC[Si](C)(OCC)OCC. The normalized spacial score (nSPS) is 12.2. The van der Waals surface area contributed by atoms with Crippen LogP contribution in [-0.2, 0) is 46.2 Å². The average Bonchev–Trinajstić information content (AvgIpc) is 3.72. The molecule has 0 radical (unpaired) electrons. The van der Waals surface area contributed by atoms with Crippen LogP contribution in [0, 0.1) is 0 Å². The quantitative estimate of drug-likeness (QED) is 0.0301. The van der Waals surface area contributed by atoms with Crippen LogP contribution in [0.2, 0.25) is 67.0 Å². The van der Waals surface area contributed by atoms with Crippen LogP contribution in [0.5, 0.6) is 0 Å². The molecule has 0 aliphatic carbocycles. The van der Waals surface area contributed by atoms with Crippen molar-refractivity contribution in [3.05, 3.63) is 0 Å². The predicted octanol–water partition coefficient (Wildman–Crippen LogP) is 18.6. The first-order valence-electron chi connectivity index (χ1n) is 36.7. The summed E-state index contributed by atoms with van der Waals surface area (Å²) in [6.45, 7) is 28.1. The molecule has 0 aliphatic heterocycles. The number of hydrogen-bond acceptors (Lipinski definition) is 13. The van der Waals surface area contributed by atoms with Gasteiger partial charge < -0.3 is 52.4 Å². The molecule has 3 N–H and O–H groups in total. The number of carbonyl (C=O) groups is 2. The third-order valence-corrected chi connectivity index (χ3v) is 35.3. The van der Waals surface area contributed by atoms with E-state index in [-0.39, 0.29) is 18.2 Å². The molecule has 0 bridgehead atoms. The number of aliphatic hydroxyl groups excluding tert-OH is 1. The molecule has 0 spiro atoms. The Labute approximate surface area is 538 Å². The highest BCUT2D eigenvalue weighted by atomic mass is 28.4. The van der Waals surface area contributed by atoms with Crippen molar-refractivity contribution in [3.63, 3.8) is 0 Å². The number of nitrogens with one attached hydrogen (secondary N) is 2. The van der Waals surface area contributed by atoms with Gasteiger partial charge in [-0.25, -0.2) is 0 Å². The highest BCUT2D eigenvalue weighted by Gasteiger charge is 2.35. The van der Waals surface area contributed by atoms with Gasteiger partial charge in [0.05, 0.1) is 42.0 Å². The molecule has 0 rings (SSSR count). The van der Waals surface area contributed by atoms with Crippen LogP contribution in [0.25, 0.3) is 0 Å². The molecule has 0 aliphatic rings. The second kappa shape index (κ2) is 64.5. The molecule has 0 aromatic heterocycles. The van der Waals surface area contributed by atoms with Gasteiger partial charge in [0.2, 0.25) is 0 Å². The summed E-state index contributed by atoms with van der Waals surface area (Å²) >= 11 is 0. The Hall–Kier alpha value is -0.552. The molecular formula is C69H148N2O11Si4. The summed E-state index contributed by atoms with van der Waals surface area (Å²) in [6.07, 6.45) is 41.3. The van der Waals surface area contributed by atoms with Gasteiger partial charge in [-0.05, 0) is 90.6 Å². The number of rotatable bonds is 68. The fourth-order valence-corrected chi connectivity index (χ4v) is 27.3. The monoisotopic (exact) mass is 1290 g/mol. The number of ether oxygens (including phenoxy) is 4. The lowest BCUT2D eigenvalue weighted by Gasteiger charge is -2.33. The Bertz CT molecular complexity index is 1350. The summed E-state index contributed by atoms with van der Waals surface area (Å²) in [5.74, 6) is -0.254. The molecule has 0 atom stereocenters. The first-order valence-corrected chi connectivity index (χ1v) is 47.2. The number of unbranched alkanes of at least 4 members (excludes halogenated alkanes) is 20. The van der Waals surface area contributed by atoms with Crippen LogP contribution in [0.3, 0.4) is 0 Å². The zero-order valence-corrected chi connectivity index (χ0v) is 63.1. The molecular weight excluding hydrogens is 1150 g/mol. The van der Waals surface area contributed by atoms with Crippen LogP contribution >= 0.6 is 0 Å². The van der Waals surface area contributed by atoms with E-state index >= 15 is 0 Å². The zero-order valence-electron chi connectivity index (χ0n) is 59.1. The molecule has 516 valence electrons. The van der Waals surface area contributed by atoms with E-state index in [1.807, 2.05) is 13.8 Å². The summed E-state index contributed by atoms with van der Waals surface area (Å²) in [5.41, 5.74) is 0. The van der Waals surface area contributed by atoms with Gasteiger partial charge >= 0.3 is 29.1 Å². The van der Waals surface area contributed by atoms with Crippen LogP contribution in [0.4, 0.5) is 0 Å². The van der Waals surface area contributed by atoms with Crippen LogP contribution in [-0.4, -0.2) is 150 Å². The van der Waals surface area contributed by atoms with Gasteiger partial charge in [0.1, 0.15) is 13.2 Å². The molecule has 0 heterocycles. The van der Waals surface area contributed by atoms with E-state index in [0.29, 0.717) is 59.0 Å². The van der Waals surface area contributed by atoms with Crippen molar-refractivity contribution in [2.75, 3.05) is 99.5 Å². The molecule has 0 unspecified atom stereocenters. The van der Waals surface area contributed by atoms with Crippen molar-refractivity contribution in [2.24, 2.45) is 0 Å². The maximum absolute atomic E-state index is 12.1. The fourth-order valence-electron chi connectivity index (χ4n) is 12.4. The third-order valence-electron chi connectivity index (χ3n) is 17.9. The van der Waals surface area contributed by atoms with Gasteiger partial charge in [0.25, 0.3) is 0 Å². The Balaban J connectivity index is 0. The van der Waals surface area contributed by atoms with E-state index in [1.54, 1.807) is 14.2 Å². The topological polar surface area (TPSA) is 152 Å². The molecule has 0 fully saturated rings. The largest absolute Gasteiger partial charge is 0.463 e. The summed E-state index contributed by atoms with van der Waals surface area (Å²) in [5, 5.41) is 16.3. The minimum Gasteiger partial charge on any atom is -0.463 e. The predicted molar refractivity (Wildman–Crippen MR) is 377 cm³/mol. The van der Waals surface area contributed by atoms with Crippen LogP contribution < -0.4 is 10.6 Å². The van der Waals surface area contributed by atoms with E-state index in [2.05, 4.69) is 58.7 Å². The molecule has 86 heavy (non-hydrogen) atoms. The van der Waals surface area contributed by atoms with Crippen molar-refractivity contribution in [2.45, 2.75) is 334 Å². The minimum atomic E-state index is -2.40. The maximum atomic E-state index is 12.1. The molecule has 0 saturated carbocycles. The third kappa shape index (κ3) is 53.0. The lowest BCUT2D eigenvalue weighted by molar-refractivity contribution is -0.146. The van der Waals surface area contributed by atoms with Crippen molar-refractivity contribution < 1.29 is 51.3 Å². The number of aliphatic hydroxyl groups is 1. The van der Waals surface area contributed by atoms with Gasteiger partial charge in [-0.1, -0.05) is 250 Å². The Morgan fingerprint density at radius 2 is 0.686 bits per heavy atom. The fraction of sp³-hybridized carbons (Fsp3) is 0.971. The van der Waals surface area contributed by atoms with Gasteiger partial charge in [0.15, 0.2) is 0 Å². The van der Waals surface area contributed by atoms with Gasteiger partial charge in [-0.15, -0.1) is 0 Å². The van der Waals surface area contributed by atoms with E-state index in [4.69, 9.17) is 36.7 Å². The maximum Gasteiger partial charge on any atom is 0.364 e. The molecule has 13 nitrogen and oxygen atoms in total. The highest BCUT2D eigenvalue weighted by molar-refractivity contribution is 6.80. The van der Waals surface area contributed by atoms with Gasteiger partial charge in [-0.2, -0.15) is 0 Å². The second-order valence-electron chi connectivity index (χ2n) is 25.5. The summed E-state index contributed by atoms with van der Waals surface area (Å²) < 4.78 is 45.4. The van der Waals surface area contributed by atoms with E-state index < -0.39 is 33.3 Å². The Morgan fingerprint density at radius 3 is 1.05 bits per heavy atom. The average molecular weight is 1290 g/mol. The zero-order chi connectivity index (χ0) is 63.8. The number of carbonyl (C=O) groups excluding carboxylic acids is 2. The highest BCUT2D eigenvalue weighted by Crippen LogP contribution is 2.36. The van der Waals surface area contributed by atoms with Crippen molar-refractivity contribution in [1.29, 1.82) is 0 Å². The summed E-state index contributed by atoms with van der Waals surface area (Å²) in [4.78, 5) is 24.3. The summed E-state index contributed by atoms with van der Waals surface area (Å²) in [6, 6.07) is 13.7. The first-order chi connectivity index (χ1) is 41.9. The Kier molecular flexibility index (Phi) is 65.7. The smallest absolute Gasteiger partial charge is 0.364 e. The van der Waals surface area contributed by atoms with E-state index in [0.717, 1.165) is 77.0 Å². The van der Waals surface area contributed by atoms with Crippen LogP contribution in [0.15, 0.2) is 0 Å². The lowest BCUT2D eigenvalue weighted by Crippen LogP contribution is -2.45. The summed E-state index contributed by atoms with van der Waals surface area (Å²) in [7, 11) is -3.74. The standard InChI is InChI=1S/C35H75NO6Si2.C34H73NO5Si2/c1-6-9-12-18-29-43(30-19-13-10-7-2,31-20-14-11-8-3)32-22-26-41-27-28-42-35(38)23-16-15-17-24-36-25-21-33-44(34-37,39-4)40-5;1-7-12-15-18-30-42(31-19-16-13-8-2,32-20-17-14-9-3)33-22-26-37-27-28-38-34(36)23-25-35-24-21-29-41(6,39-10-4)40-11-5/h36-37H,6-34H2,1-5H3;35H,7-33H2,1-6H3. The van der Waals surface area contributed by atoms with Crippen molar-refractivity contribution >= 4 is 45.2 Å².